The molecular formula is C14H15FN4O. The lowest BCUT2D eigenvalue weighted by Crippen LogP contribution is -2.19. The molecule has 0 aliphatic rings. The SMILES string of the molecule is CC(Nc1ccc(F)nc1)c1ccc(NC(N)=O)cc1. The Morgan fingerprint density at radius 2 is 1.85 bits per heavy atom. The molecule has 0 aliphatic carbocycles. The maximum Gasteiger partial charge on any atom is 0.316 e. The quantitative estimate of drug-likeness (QED) is 0.750. The van der Waals surface area contributed by atoms with Crippen molar-refractivity contribution in [2.45, 2.75) is 13.0 Å². The second kappa shape index (κ2) is 6.01. The minimum absolute atomic E-state index is 0.0184. The molecule has 1 atom stereocenters. The number of hydrogen-bond acceptors (Lipinski definition) is 3. The lowest BCUT2D eigenvalue weighted by Gasteiger charge is -2.15. The van der Waals surface area contributed by atoms with Crippen LogP contribution in [-0.2, 0) is 0 Å². The number of nitrogens with one attached hydrogen (secondary N) is 2. The lowest BCUT2D eigenvalue weighted by molar-refractivity contribution is 0.259. The summed E-state index contributed by atoms with van der Waals surface area (Å²) in [4.78, 5) is 14.3. The minimum Gasteiger partial charge on any atom is -0.377 e. The number of anilines is 2. The molecule has 1 aromatic heterocycles. The number of aromatic nitrogens is 1. The number of nitrogens with zero attached hydrogens (tertiary/aromatic N) is 1. The molecule has 2 aromatic rings. The Morgan fingerprint density at radius 3 is 2.40 bits per heavy atom. The fourth-order valence-corrected chi connectivity index (χ4v) is 1.79. The number of urea groups is 1. The van der Waals surface area contributed by atoms with Gasteiger partial charge in [-0.3, -0.25) is 0 Å². The number of primary amides is 1. The molecule has 20 heavy (non-hydrogen) atoms. The van der Waals surface area contributed by atoms with Crippen LogP contribution in [0, 0.1) is 5.95 Å². The van der Waals surface area contributed by atoms with Crippen LogP contribution in [0.5, 0.6) is 0 Å². The number of hydrogen-bond donors (Lipinski definition) is 3. The van der Waals surface area contributed by atoms with Crippen LogP contribution in [0.25, 0.3) is 0 Å². The number of amides is 2. The van der Waals surface area contributed by atoms with Crippen molar-refractivity contribution in [2.24, 2.45) is 5.73 Å². The van der Waals surface area contributed by atoms with Gasteiger partial charge in [-0.25, -0.2) is 9.78 Å². The maximum absolute atomic E-state index is 12.7. The van der Waals surface area contributed by atoms with Crippen LogP contribution in [0.1, 0.15) is 18.5 Å². The molecule has 0 spiro atoms. The summed E-state index contributed by atoms with van der Waals surface area (Å²) in [5, 5.41) is 5.70. The molecule has 6 heteroatoms. The van der Waals surface area contributed by atoms with Crippen molar-refractivity contribution in [3.8, 4) is 0 Å². The number of rotatable bonds is 4. The zero-order valence-electron chi connectivity index (χ0n) is 10.9. The molecule has 1 heterocycles. The van der Waals surface area contributed by atoms with Crippen LogP contribution >= 0.6 is 0 Å². The molecule has 1 unspecified atom stereocenters. The van der Waals surface area contributed by atoms with E-state index in [0.717, 1.165) is 11.3 Å². The summed E-state index contributed by atoms with van der Waals surface area (Å²) in [6, 6.07) is 9.63. The first-order valence-corrected chi connectivity index (χ1v) is 6.09. The highest BCUT2D eigenvalue weighted by Crippen LogP contribution is 2.20. The number of benzene rings is 1. The molecule has 2 rings (SSSR count). The van der Waals surface area contributed by atoms with Gasteiger partial charge in [-0.1, -0.05) is 12.1 Å². The van der Waals surface area contributed by atoms with Gasteiger partial charge in [-0.15, -0.1) is 0 Å². The fraction of sp³-hybridized carbons (Fsp3) is 0.143. The van der Waals surface area contributed by atoms with Gasteiger partial charge in [0.15, 0.2) is 0 Å². The summed E-state index contributed by atoms with van der Waals surface area (Å²) in [7, 11) is 0. The Hall–Kier alpha value is -2.63. The van der Waals surface area contributed by atoms with Crippen molar-refractivity contribution in [3.63, 3.8) is 0 Å². The molecule has 0 aliphatic heterocycles. The summed E-state index contributed by atoms with van der Waals surface area (Å²) < 4.78 is 12.7. The van der Waals surface area contributed by atoms with Crippen molar-refractivity contribution in [3.05, 3.63) is 54.1 Å². The van der Waals surface area contributed by atoms with E-state index in [9.17, 15) is 9.18 Å². The summed E-state index contributed by atoms with van der Waals surface area (Å²) in [5.41, 5.74) is 7.43. The molecular weight excluding hydrogens is 259 g/mol. The van der Waals surface area contributed by atoms with Gasteiger partial charge in [0.1, 0.15) is 0 Å². The van der Waals surface area contributed by atoms with Gasteiger partial charge in [-0.05, 0) is 36.8 Å². The van der Waals surface area contributed by atoms with E-state index in [2.05, 4.69) is 15.6 Å². The molecule has 5 nitrogen and oxygen atoms in total. The van der Waals surface area contributed by atoms with Gasteiger partial charge in [-0.2, -0.15) is 4.39 Å². The molecule has 0 radical (unpaired) electrons. The largest absolute Gasteiger partial charge is 0.377 e. The van der Waals surface area contributed by atoms with E-state index in [1.807, 2.05) is 19.1 Å². The third kappa shape index (κ3) is 3.68. The van der Waals surface area contributed by atoms with E-state index >= 15 is 0 Å². The van der Waals surface area contributed by atoms with Crippen LogP contribution in [0.2, 0.25) is 0 Å². The van der Waals surface area contributed by atoms with Crippen LogP contribution < -0.4 is 16.4 Å². The van der Waals surface area contributed by atoms with Crippen LogP contribution in [0.4, 0.5) is 20.6 Å². The first-order chi connectivity index (χ1) is 9.54. The summed E-state index contributed by atoms with van der Waals surface area (Å²) >= 11 is 0. The Balaban J connectivity index is 2.03. The van der Waals surface area contributed by atoms with E-state index in [1.54, 1.807) is 18.2 Å². The highest BCUT2D eigenvalue weighted by atomic mass is 19.1. The third-order valence-electron chi connectivity index (χ3n) is 2.79. The normalized spacial score (nSPS) is 11.7. The molecule has 1 aromatic carbocycles. The average molecular weight is 274 g/mol. The topological polar surface area (TPSA) is 80.0 Å². The second-order valence-corrected chi connectivity index (χ2v) is 4.35. The Bertz CT molecular complexity index is 583. The Morgan fingerprint density at radius 1 is 1.20 bits per heavy atom. The van der Waals surface area contributed by atoms with Crippen LogP contribution in [-0.4, -0.2) is 11.0 Å². The number of carbonyl (C=O) groups is 1. The summed E-state index contributed by atoms with van der Waals surface area (Å²) in [6.07, 6.45) is 1.44. The van der Waals surface area contributed by atoms with E-state index in [1.165, 1.54) is 12.3 Å². The summed E-state index contributed by atoms with van der Waals surface area (Å²) in [5.74, 6) is -0.509. The van der Waals surface area contributed by atoms with Crippen LogP contribution in [0.15, 0.2) is 42.6 Å². The predicted molar refractivity (Wildman–Crippen MR) is 75.9 cm³/mol. The number of carbonyl (C=O) groups excluding carboxylic acids is 1. The van der Waals surface area contributed by atoms with Crippen molar-refractivity contribution in [2.75, 3.05) is 10.6 Å². The first-order valence-electron chi connectivity index (χ1n) is 6.09. The maximum atomic E-state index is 12.7. The van der Waals surface area contributed by atoms with Gasteiger partial charge in [0.2, 0.25) is 5.95 Å². The Labute approximate surface area is 116 Å². The highest BCUT2D eigenvalue weighted by molar-refractivity contribution is 5.87. The third-order valence-corrected chi connectivity index (χ3v) is 2.79. The summed E-state index contributed by atoms with van der Waals surface area (Å²) in [6.45, 7) is 1.97. The van der Waals surface area contributed by atoms with Crippen LogP contribution in [0.3, 0.4) is 0 Å². The molecule has 0 saturated carbocycles. The van der Waals surface area contributed by atoms with Crippen molar-refractivity contribution in [1.29, 1.82) is 0 Å². The molecule has 0 bridgehead atoms. The van der Waals surface area contributed by atoms with Gasteiger partial charge in [0.05, 0.1) is 11.9 Å². The average Bonchev–Trinajstić information content (AvgIpc) is 2.41. The molecule has 4 N–H and O–H groups in total. The lowest BCUT2D eigenvalue weighted by atomic mass is 10.1. The number of nitrogens with two attached hydrogens (primary N) is 1. The van der Waals surface area contributed by atoms with E-state index in [0.29, 0.717) is 5.69 Å². The van der Waals surface area contributed by atoms with Gasteiger partial charge < -0.3 is 16.4 Å². The van der Waals surface area contributed by atoms with Gasteiger partial charge >= 0.3 is 6.03 Å². The van der Waals surface area contributed by atoms with Crippen molar-refractivity contribution in [1.82, 2.24) is 4.98 Å². The number of pyridine rings is 1. The van der Waals surface area contributed by atoms with E-state index in [4.69, 9.17) is 5.73 Å². The predicted octanol–water partition coefficient (Wildman–Crippen LogP) is 2.88. The Kier molecular flexibility index (Phi) is 4.14. The molecule has 2 amide bonds. The number of halogens is 1. The van der Waals surface area contributed by atoms with Crippen molar-refractivity contribution >= 4 is 17.4 Å². The van der Waals surface area contributed by atoms with E-state index in [-0.39, 0.29) is 6.04 Å². The van der Waals surface area contributed by atoms with Gasteiger partial charge in [0.25, 0.3) is 0 Å². The molecule has 104 valence electrons. The molecule has 0 fully saturated rings. The monoisotopic (exact) mass is 274 g/mol. The second-order valence-electron chi connectivity index (χ2n) is 4.35. The zero-order chi connectivity index (χ0) is 14.5. The highest BCUT2D eigenvalue weighted by Gasteiger charge is 2.06. The molecule has 0 saturated heterocycles. The standard InChI is InChI=1S/C14H15FN4O/c1-9(18-12-6-7-13(15)17-8-12)10-2-4-11(5-3-10)19-14(16)20/h2-9,18H,1H3,(H3,16,19,20). The minimum atomic E-state index is -0.596. The first kappa shape index (κ1) is 13.8. The zero-order valence-corrected chi connectivity index (χ0v) is 10.9. The van der Waals surface area contributed by atoms with E-state index < -0.39 is 12.0 Å². The smallest absolute Gasteiger partial charge is 0.316 e. The van der Waals surface area contributed by atoms with Gasteiger partial charge in [0, 0.05) is 11.7 Å². The van der Waals surface area contributed by atoms with Crippen molar-refractivity contribution < 1.29 is 9.18 Å². The fourth-order valence-electron chi connectivity index (χ4n) is 1.79.